The number of nitrogens with zero attached hydrogens (tertiary/aromatic N) is 1. The van der Waals surface area contributed by atoms with Gasteiger partial charge in [0.1, 0.15) is 6.61 Å². The van der Waals surface area contributed by atoms with Gasteiger partial charge < -0.3 is 10.1 Å². The van der Waals surface area contributed by atoms with Gasteiger partial charge in [-0.1, -0.05) is 12.2 Å². The predicted octanol–water partition coefficient (Wildman–Crippen LogP) is 1.46. The van der Waals surface area contributed by atoms with Gasteiger partial charge in [0, 0.05) is 0 Å². The van der Waals surface area contributed by atoms with Crippen molar-refractivity contribution >= 4 is 6.02 Å². The zero-order valence-electron chi connectivity index (χ0n) is 7.88. The Morgan fingerprint density at radius 2 is 2.46 bits per heavy atom. The number of ether oxygens (including phenoxy) is 1. The first kappa shape index (κ1) is 8.60. The Kier molecular flexibility index (Phi) is 2.52. The Morgan fingerprint density at radius 3 is 3.15 bits per heavy atom. The molecule has 1 N–H and O–H groups in total. The van der Waals surface area contributed by atoms with E-state index in [1.165, 1.54) is 24.8 Å². The number of hydrogen-bond donors (Lipinski definition) is 1. The van der Waals surface area contributed by atoms with Crippen molar-refractivity contribution in [3.8, 4) is 0 Å². The Hall–Kier alpha value is -0.990. The summed E-state index contributed by atoms with van der Waals surface area (Å²) in [5.74, 6) is 0. The van der Waals surface area contributed by atoms with E-state index in [9.17, 15) is 0 Å². The van der Waals surface area contributed by atoms with Crippen LogP contribution in [0.15, 0.2) is 17.1 Å². The average Bonchev–Trinajstić information content (AvgIpc) is 2.57. The molecular formula is C10H16N2O. The van der Waals surface area contributed by atoms with E-state index in [1.807, 2.05) is 0 Å². The molecule has 1 aliphatic heterocycles. The van der Waals surface area contributed by atoms with Crippen LogP contribution in [0.2, 0.25) is 0 Å². The maximum Gasteiger partial charge on any atom is 0.285 e. The summed E-state index contributed by atoms with van der Waals surface area (Å²) in [7, 11) is 0. The summed E-state index contributed by atoms with van der Waals surface area (Å²) in [6.07, 6.45) is 4.61. The molecular weight excluding hydrogens is 164 g/mol. The van der Waals surface area contributed by atoms with Crippen LogP contribution in [0, 0.1) is 0 Å². The molecule has 2 aliphatic rings. The molecule has 1 saturated carbocycles. The summed E-state index contributed by atoms with van der Waals surface area (Å²) in [5, 5.41) is 3.12. The smallest absolute Gasteiger partial charge is 0.285 e. The van der Waals surface area contributed by atoms with Crippen molar-refractivity contribution in [2.24, 2.45) is 4.99 Å². The molecule has 2 fully saturated rings. The second-order valence-electron chi connectivity index (χ2n) is 3.71. The van der Waals surface area contributed by atoms with Gasteiger partial charge in [0.25, 0.3) is 6.02 Å². The van der Waals surface area contributed by atoms with E-state index in [2.05, 4.69) is 16.9 Å². The second kappa shape index (κ2) is 3.81. The Morgan fingerprint density at radius 1 is 1.54 bits per heavy atom. The average molecular weight is 180 g/mol. The summed E-state index contributed by atoms with van der Waals surface area (Å²) in [6.45, 7) is 5.66. The van der Waals surface area contributed by atoms with E-state index in [1.54, 1.807) is 0 Å². The van der Waals surface area contributed by atoms with Crippen molar-refractivity contribution < 1.29 is 4.74 Å². The molecule has 0 spiro atoms. The summed E-state index contributed by atoms with van der Waals surface area (Å²) in [5.41, 5.74) is 1.33. The lowest BCUT2D eigenvalue weighted by Gasteiger charge is -2.19. The standard InChI is InChI=1S/C10H16N2O/c1-8-3-2-4-9(7-8)12-10-11-5-6-13-10/h9H,1-7H2,(H,11,12). The van der Waals surface area contributed by atoms with Crippen molar-refractivity contribution in [2.75, 3.05) is 13.2 Å². The lowest BCUT2D eigenvalue weighted by atomic mass is 9.92. The van der Waals surface area contributed by atoms with Gasteiger partial charge in [0.15, 0.2) is 0 Å². The Bertz CT molecular complexity index is 227. The number of nitrogens with one attached hydrogen (secondary N) is 1. The van der Waals surface area contributed by atoms with Crippen LogP contribution >= 0.6 is 0 Å². The molecule has 0 aromatic heterocycles. The topological polar surface area (TPSA) is 33.6 Å². The van der Waals surface area contributed by atoms with Gasteiger partial charge in [-0.3, -0.25) is 0 Å². The van der Waals surface area contributed by atoms with E-state index in [0.29, 0.717) is 6.04 Å². The normalized spacial score (nSPS) is 31.5. The molecule has 0 radical (unpaired) electrons. The fourth-order valence-corrected chi connectivity index (χ4v) is 1.84. The van der Waals surface area contributed by atoms with E-state index in [-0.39, 0.29) is 0 Å². The molecule has 13 heavy (non-hydrogen) atoms. The van der Waals surface area contributed by atoms with Gasteiger partial charge in [0.05, 0.1) is 12.6 Å². The highest BCUT2D eigenvalue weighted by atomic mass is 16.5. The molecule has 1 saturated heterocycles. The zero-order chi connectivity index (χ0) is 9.10. The van der Waals surface area contributed by atoms with Crippen molar-refractivity contribution in [1.82, 2.24) is 5.32 Å². The first-order valence-electron chi connectivity index (χ1n) is 4.96. The van der Waals surface area contributed by atoms with Crippen LogP contribution < -0.4 is 5.32 Å². The molecule has 0 aromatic carbocycles. The van der Waals surface area contributed by atoms with E-state index >= 15 is 0 Å². The van der Waals surface area contributed by atoms with Gasteiger partial charge >= 0.3 is 0 Å². The molecule has 0 bridgehead atoms. The highest BCUT2D eigenvalue weighted by Gasteiger charge is 2.17. The monoisotopic (exact) mass is 180 g/mol. The fourth-order valence-electron chi connectivity index (χ4n) is 1.84. The van der Waals surface area contributed by atoms with Gasteiger partial charge in [-0.2, -0.15) is 0 Å². The SMILES string of the molecule is C=C1CCCC(/N=C2/NCCO2)C1. The van der Waals surface area contributed by atoms with Crippen molar-refractivity contribution in [1.29, 1.82) is 0 Å². The quantitative estimate of drug-likeness (QED) is 0.620. The second-order valence-corrected chi connectivity index (χ2v) is 3.71. The van der Waals surface area contributed by atoms with Crippen LogP contribution in [0.3, 0.4) is 0 Å². The van der Waals surface area contributed by atoms with E-state index in [4.69, 9.17) is 4.74 Å². The molecule has 1 aliphatic carbocycles. The van der Waals surface area contributed by atoms with Gasteiger partial charge in [-0.05, 0) is 25.7 Å². The highest BCUT2D eigenvalue weighted by Crippen LogP contribution is 2.24. The van der Waals surface area contributed by atoms with Crippen molar-refractivity contribution in [3.05, 3.63) is 12.2 Å². The first-order valence-corrected chi connectivity index (χ1v) is 4.96. The predicted molar refractivity (Wildman–Crippen MR) is 52.8 cm³/mol. The lowest BCUT2D eigenvalue weighted by Crippen LogP contribution is -2.20. The highest BCUT2D eigenvalue weighted by molar-refractivity contribution is 5.75. The van der Waals surface area contributed by atoms with Gasteiger partial charge in [0.2, 0.25) is 0 Å². The lowest BCUT2D eigenvalue weighted by molar-refractivity contribution is 0.346. The van der Waals surface area contributed by atoms with E-state index in [0.717, 1.165) is 25.6 Å². The van der Waals surface area contributed by atoms with Crippen LogP contribution in [-0.2, 0) is 4.74 Å². The summed E-state index contributed by atoms with van der Waals surface area (Å²) in [6, 6.07) is 1.14. The van der Waals surface area contributed by atoms with Crippen LogP contribution in [-0.4, -0.2) is 25.2 Å². The number of aliphatic imine (C=N–C) groups is 1. The number of hydrogen-bond acceptors (Lipinski definition) is 2. The first-order chi connectivity index (χ1) is 6.34. The van der Waals surface area contributed by atoms with Crippen LogP contribution in [0.4, 0.5) is 0 Å². The van der Waals surface area contributed by atoms with Crippen molar-refractivity contribution in [2.45, 2.75) is 31.7 Å². The largest absolute Gasteiger partial charge is 0.463 e. The molecule has 72 valence electrons. The zero-order valence-corrected chi connectivity index (χ0v) is 7.88. The molecule has 0 aromatic rings. The van der Waals surface area contributed by atoms with Crippen molar-refractivity contribution in [3.63, 3.8) is 0 Å². The minimum Gasteiger partial charge on any atom is -0.463 e. The van der Waals surface area contributed by atoms with Gasteiger partial charge in [-0.25, -0.2) is 4.99 Å². The van der Waals surface area contributed by atoms with Gasteiger partial charge in [-0.15, -0.1) is 0 Å². The molecule has 1 unspecified atom stereocenters. The minimum atomic E-state index is 0.404. The molecule has 3 nitrogen and oxygen atoms in total. The third-order valence-electron chi connectivity index (χ3n) is 2.51. The summed E-state index contributed by atoms with van der Waals surface area (Å²) in [4.78, 5) is 4.51. The summed E-state index contributed by atoms with van der Waals surface area (Å²) < 4.78 is 5.30. The molecule has 1 heterocycles. The fraction of sp³-hybridized carbons (Fsp3) is 0.700. The third-order valence-corrected chi connectivity index (χ3v) is 2.51. The molecule has 0 amide bonds. The minimum absolute atomic E-state index is 0.404. The Balaban J connectivity index is 1.92. The summed E-state index contributed by atoms with van der Waals surface area (Å²) >= 11 is 0. The molecule has 3 heteroatoms. The van der Waals surface area contributed by atoms with E-state index < -0.39 is 0 Å². The Labute approximate surface area is 78.9 Å². The maximum absolute atomic E-state index is 5.30. The molecule has 1 atom stereocenters. The molecule has 2 rings (SSSR count). The van der Waals surface area contributed by atoms with Crippen LogP contribution in [0.25, 0.3) is 0 Å². The van der Waals surface area contributed by atoms with Crippen LogP contribution in [0.1, 0.15) is 25.7 Å². The third kappa shape index (κ3) is 2.23. The van der Waals surface area contributed by atoms with Crippen LogP contribution in [0.5, 0.6) is 0 Å². The number of rotatable bonds is 1. The maximum atomic E-state index is 5.30. The number of amidine groups is 1.